The zero-order valence-electron chi connectivity index (χ0n) is 33.5. The summed E-state index contributed by atoms with van der Waals surface area (Å²) >= 11 is 0. The van der Waals surface area contributed by atoms with Crippen LogP contribution in [0.3, 0.4) is 0 Å². The summed E-state index contributed by atoms with van der Waals surface area (Å²) in [5.74, 6) is 3.20. The van der Waals surface area contributed by atoms with Crippen molar-refractivity contribution >= 4 is 16.8 Å². The monoisotopic (exact) mass is 742 g/mol. The Hall–Kier alpha value is -5.52. The Balaban J connectivity index is 1.40. The summed E-state index contributed by atoms with van der Waals surface area (Å²) in [5.41, 5.74) is 10.2. The van der Waals surface area contributed by atoms with E-state index in [1.54, 1.807) is 21.3 Å². The summed E-state index contributed by atoms with van der Waals surface area (Å²) in [6.45, 7) is 9.68. The van der Waals surface area contributed by atoms with E-state index in [9.17, 15) is 5.11 Å². The predicted molar refractivity (Wildman–Crippen MR) is 226 cm³/mol. The SMILES string of the molecule is COc1ccc(-c2cc3c4c(c5c(c3cc2CO)-c2ccccc2C52CC(C)(C)CC(C)(C)C2)C=CC(c2ccc(OC)cc2)(c2ccc(OC)cc2)O4)cc1. The van der Waals surface area contributed by atoms with Crippen molar-refractivity contribution in [2.45, 2.75) is 64.6 Å². The van der Waals surface area contributed by atoms with Gasteiger partial charge in [-0.2, -0.15) is 0 Å². The first-order valence-electron chi connectivity index (χ1n) is 19.6. The molecule has 1 aliphatic heterocycles. The predicted octanol–water partition coefficient (Wildman–Crippen LogP) is 11.9. The minimum atomic E-state index is -0.966. The normalized spacial score (nSPS) is 17.8. The molecule has 0 aromatic heterocycles. The fraction of sp³-hybridized carbons (Fsp3) is 0.294. The summed E-state index contributed by atoms with van der Waals surface area (Å²) in [5, 5.41) is 13.2. The van der Waals surface area contributed by atoms with Crippen LogP contribution >= 0.6 is 0 Å². The van der Waals surface area contributed by atoms with Crippen molar-refractivity contribution in [1.82, 2.24) is 0 Å². The molecule has 6 aromatic rings. The number of aliphatic hydroxyl groups is 1. The topological polar surface area (TPSA) is 57.2 Å². The van der Waals surface area contributed by atoms with Crippen molar-refractivity contribution < 1.29 is 24.1 Å². The average molecular weight is 743 g/mol. The van der Waals surface area contributed by atoms with Crippen molar-refractivity contribution in [1.29, 1.82) is 0 Å². The first kappa shape index (κ1) is 36.1. The van der Waals surface area contributed by atoms with Crippen LogP contribution in [0.15, 0.2) is 115 Å². The lowest BCUT2D eigenvalue weighted by Crippen LogP contribution is -2.44. The molecule has 0 saturated heterocycles. The molecule has 5 nitrogen and oxygen atoms in total. The Morgan fingerprint density at radius 2 is 1.18 bits per heavy atom. The van der Waals surface area contributed by atoms with Crippen LogP contribution in [0, 0.1) is 10.8 Å². The van der Waals surface area contributed by atoms with Gasteiger partial charge in [0.05, 0.1) is 27.9 Å². The van der Waals surface area contributed by atoms with Gasteiger partial charge >= 0.3 is 0 Å². The van der Waals surface area contributed by atoms with Crippen molar-refractivity contribution in [3.05, 3.63) is 149 Å². The highest BCUT2D eigenvalue weighted by Gasteiger charge is 2.55. The van der Waals surface area contributed by atoms with Crippen molar-refractivity contribution in [2.24, 2.45) is 10.8 Å². The maximum Gasteiger partial charge on any atom is 0.178 e. The summed E-state index contributed by atoms with van der Waals surface area (Å²) in [4.78, 5) is 0. The number of benzene rings is 6. The summed E-state index contributed by atoms with van der Waals surface area (Å²) in [6.07, 6.45) is 7.81. The van der Waals surface area contributed by atoms with Gasteiger partial charge < -0.3 is 24.1 Å². The van der Waals surface area contributed by atoms with Crippen LogP contribution in [-0.2, 0) is 17.6 Å². The van der Waals surface area contributed by atoms with E-state index in [2.05, 4.69) is 113 Å². The number of rotatable bonds is 7. The Morgan fingerprint density at radius 3 is 1.73 bits per heavy atom. The van der Waals surface area contributed by atoms with Gasteiger partial charge in [-0.3, -0.25) is 0 Å². The molecular weight excluding hydrogens is 693 g/mol. The fourth-order valence-corrected chi connectivity index (χ4v) is 11.1. The molecule has 0 radical (unpaired) electrons. The summed E-state index contributed by atoms with van der Waals surface area (Å²) < 4.78 is 24.5. The van der Waals surface area contributed by atoms with Gasteiger partial charge in [-0.15, -0.1) is 0 Å². The Bertz CT molecular complexity index is 2440. The first-order valence-corrected chi connectivity index (χ1v) is 19.6. The molecular formula is C51H50O5. The highest BCUT2D eigenvalue weighted by atomic mass is 16.5. The fourth-order valence-electron chi connectivity index (χ4n) is 11.1. The molecule has 1 spiro atoms. The summed E-state index contributed by atoms with van der Waals surface area (Å²) in [6, 6.07) is 38.0. The molecule has 5 heteroatoms. The second-order valence-electron chi connectivity index (χ2n) is 17.5. The third kappa shape index (κ3) is 5.54. The quantitative estimate of drug-likeness (QED) is 0.176. The van der Waals surface area contributed by atoms with E-state index in [1.165, 1.54) is 22.3 Å². The lowest BCUT2D eigenvalue weighted by Gasteiger charge is -2.52. The van der Waals surface area contributed by atoms with Crippen LogP contribution in [0.1, 0.15) is 80.3 Å². The molecule has 3 aliphatic rings. The van der Waals surface area contributed by atoms with Gasteiger partial charge in [-0.1, -0.05) is 94.4 Å². The maximum absolute atomic E-state index is 11.1. The molecule has 1 heterocycles. The first-order chi connectivity index (χ1) is 26.9. The lowest BCUT2D eigenvalue weighted by atomic mass is 9.52. The molecule has 1 N–H and O–H groups in total. The molecule has 0 amide bonds. The third-order valence-electron chi connectivity index (χ3n) is 12.6. The number of hydrogen-bond acceptors (Lipinski definition) is 5. The van der Waals surface area contributed by atoms with E-state index < -0.39 is 5.60 Å². The van der Waals surface area contributed by atoms with E-state index in [0.717, 1.165) is 86.4 Å². The van der Waals surface area contributed by atoms with Crippen molar-refractivity contribution in [2.75, 3.05) is 21.3 Å². The molecule has 9 rings (SSSR count). The van der Waals surface area contributed by atoms with E-state index >= 15 is 0 Å². The number of aliphatic hydroxyl groups excluding tert-OH is 1. The van der Waals surface area contributed by atoms with Gasteiger partial charge in [0.25, 0.3) is 0 Å². The van der Waals surface area contributed by atoms with Crippen LogP contribution in [0.2, 0.25) is 0 Å². The number of methoxy groups -OCH3 is 3. The molecule has 0 atom stereocenters. The van der Waals surface area contributed by atoms with Gasteiger partial charge in [0.15, 0.2) is 5.60 Å². The Labute approximate surface area is 330 Å². The lowest BCUT2D eigenvalue weighted by molar-refractivity contribution is 0.0642. The summed E-state index contributed by atoms with van der Waals surface area (Å²) in [7, 11) is 5.06. The zero-order valence-corrected chi connectivity index (χ0v) is 33.5. The van der Waals surface area contributed by atoms with E-state index in [1.807, 2.05) is 36.4 Å². The molecule has 56 heavy (non-hydrogen) atoms. The molecule has 6 aromatic carbocycles. The van der Waals surface area contributed by atoms with Crippen LogP contribution in [0.25, 0.3) is 39.1 Å². The van der Waals surface area contributed by atoms with Gasteiger partial charge in [0.1, 0.15) is 23.0 Å². The van der Waals surface area contributed by atoms with E-state index in [0.29, 0.717) is 0 Å². The average Bonchev–Trinajstić information content (AvgIpc) is 3.47. The Morgan fingerprint density at radius 1 is 0.625 bits per heavy atom. The van der Waals surface area contributed by atoms with Gasteiger partial charge in [0, 0.05) is 27.5 Å². The van der Waals surface area contributed by atoms with E-state index in [4.69, 9.17) is 18.9 Å². The van der Waals surface area contributed by atoms with E-state index in [-0.39, 0.29) is 22.9 Å². The Kier molecular flexibility index (Phi) is 8.41. The second-order valence-corrected chi connectivity index (χ2v) is 17.5. The molecule has 1 saturated carbocycles. The molecule has 1 fully saturated rings. The molecule has 2 aliphatic carbocycles. The highest BCUT2D eigenvalue weighted by molar-refractivity contribution is 6.10. The smallest absolute Gasteiger partial charge is 0.178 e. The van der Waals surface area contributed by atoms with Crippen LogP contribution < -0.4 is 18.9 Å². The minimum absolute atomic E-state index is 0.0988. The van der Waals surface area contributed by atoms with Crippen LogP contribution in [-0.4, -0.2) is 26.4 Å². The van der Waals surface area contributed by atoms with Crippen molar-refractivity contribution in [3.8, 4) is 45.3 Å². The number of fused-ring (bicyclic) bond motifs is 10. The second kappa shape index (κ2) is 13.0. The van der Waals surface area contributed by atoms with Crippen molar-refractivity contribution in [3.63, 3.8) is 0 Å². The zero-order chi connectivity index (χ0) is 39.0. The van der Waals surface area contributed by atoms with Gasteiger partial charge in [0.2, 0.25) is 0 Å². The number of ether oxygens (including phenoxy) is 4. The van der Waals surface area contributed by atoms with Crippen LogP contribution in [0.4, 0.5) is 0 Å². The van der Waals surface area contributed by atoms with Gasteiger partial charge in [-0.05, 0) is 129 Å². The highest BCUT2D eigenvalue weighted by Crippen LogP contribution is 2.67. The van der Waals surface area contributed by atoms with Gasteiger partial charge in [-0.25, -0.2) is 0 Å². The molecule has 0 unspecified atom stereocenters. The standard InChI is InChI=1S/C51H50O5/c1-48(2)29-49(3,4)31-50(30-48)44-11-9-8-10-39(44)45-42-26-33(28-52)41(32-12-18-36(53-5)19-13-32)27-43(42)47-40(46(45)50)24-25-51(56-47,34-14-20-37(54-6)21-15-34)35-16-22-38(55-7)23-17-35/h8-27,52H,28-31H2,1-7H3. The number of hydrogen-bond donors (Lipinski definition) is 1. The molecule has 284 valence electrons. The third-order valence-corrected chi connectivity index (χ3v) is 12.6. The largest absolute Gasteiger partial charge is 0.497 e. The van der Waals surface area contributed by atoms with Crippen LogP contribution in [0.5, 0.6) is 23.0 Å². The maximum atomic E-state index is 11.1. The molecule has 0 bridgehead atoms. The minimum Gasteiger partial charge on any atom is -0.497 e.